The number of carbonyl (C=O) groups is 4. The van der Waals surface area contributed by atoms with Crippen LogP contribution in [0.5, 0.6) is 0 Å². The first-order chi connectivity index (χ1) is 13.1. The van der Waals surface area contributed by atoms with E-state index in [-0.39, 0.29) is 0 Å². The fraction of sp³-hybridized carbons (Fsp3) is 0. The van der Waals surface area contributed by atoms with E-state index in [4.69, 9.17) is 5.73 Å². The summed E-state index contributed by atoms with van der Waals surface area (Å²) in [5, 5.41) is 0. The predicted molar refractivity (Wildman–Crippen MR) is 103 cm³/mol. The normalized spacial score (nSPS) is 10.2. The zero-order valence-electron chi connectivity index (χ0n) is 14.2. The van der Waals surface area contributed by atoms with Crippen LogP contribution in [0.25, 0.3) is 22.3 Å². The highest BCUT2D eigenvalue weighted by molar-refractivity contribution is 5.89. The van der Waals surface area contributed by atoms with E-state index in [1.807, 2.05) is 6.07 Å². The summed E-state index contributed by atoms with van der Waals surface area (Å²) >= 11 is 0. The van der Waals surface area contributed by atoms with Crippen LogP contribution < -0.4 is 5.73 Å². The number of rotatable bonds is 6. The Morgan fingerprint density at radius 2 is 0.741 bits per heavy atom. The first-order valence-corrected chi connectivity index (χ1v) is 8.08. The van der Waals surface area contributed by atoms with Crippen LogP contribution in [-0.2, 0) is 0 Å². The third-order valence-corrected chi connectivity index (χ3v) is 4.12. The number of hydrogen-bond donors (Lipinski definition) is 1. The van der Waals surface area contributed by atoms with E-state index in [1.54, 1.807) is 36.4 Å². The summed E-state index contributed by atoms with van der Waals surface area (Å²) in [6, 6.07) is 14.9. The van der Waals surface area contributed by atoms with Crippen molar-refractivity contribution in [2.45, 2.75) is 0 Å². The molecule has 0 aliphatic carbocycles. The molecule has 0 spiro atoms. The van der Waals surface area contributed by atoms with E-state index in [9.17, 15) is 19.2 Å². The Kier molecular flexibility index (Phi) is 5.04. The summed E-state index contributed by atoms with van der Waals surface area (Å²) in [5.74, 6) is 0. The van der Waals surface area contributed by atoms with Gasteiger partial charge in [0.25, 0.3) is 0 Å². The highest BCUT2D eigenvalue weighted by atomic mass is 16.1. The van der Waals surface area contributed by atoms with Crippen molar-refractivity contribution in [3.05, 3.63) is 76.9 Å². The molecule has 132 valence electrons. The Morgan fingerprint density at radius 3 is 1.04 bits per heavy atom. The molecule has 0 saturated heterocycles. The predicted octanol–water partition coefficient (Wildman–Crippen LogP) is 3.85. The third kappa shape index (κ3) is 3.88. The summed E-state index contributed by atoms with van der Waals surface area (Å²) in [6.07, 6.45) is 2.70. The van der Waals surface area contributed by atoms with Gasteiger partial charge in [-0.25, -0.2) is 0 Å². The van der Waals surface area contributed by atoms with Crippen molar-refractivity contribution >= 4 is 30.8 Å². The van der Waals surface area contributed by atoms with Crippen molar-refractivity contribution < 1.29 is 19.2 Å². The summed E-state index contributed by atoms with van der Waals surface area (Å²) in [5.41, 5.74) is 10.8. The lowest BCUT2D eigenvalue weighted by atomic mass is 9.94. The molecule has 0 saturated carbocycles. The summed E-state index contributed by atoms with van der Waals surface area (Å²) in [6.45, 7) is 0. The summed E-state index contributed by atoms with van der Waals surface area (Å²) < 4.78 is 0. The van der Waals surface area contributed by atoms with Crippen LogP contribution in [0.2, 0.25) is 0 Å². The van der Waals surface area contributed by atoms with Gasteiger partial charge in [-0.3, -0.25) is 19.2 Å². The lowest BCUT2D eigenvalue weighted by Gasteiger charge is -2.10. The van der Waals surface area contributed by atoms with E-state index >= 15 is 0 Å². The Morgan fingerprint density at radius 1 is 0.444 bits per heavy atom. The molecule has 0 aromatic heterocycles. The molecule has 0 radical (unpaired) electrons. The van der Waals surface area contributed by atoms with Gasteiger partial charge in [-0.05, 0) is 76.9 Å². The van der Waals surface area contributed by atoms with Gasteiger partial charge < -0.3 is 5.73 Å². The molecule has 0 heterocycles. The molecule has 0 atom stereocenters. The first kappa shape index (κ1) is 17.9. The van der Waals surface area contributed by atoms with Crippen LogP contribution in [0.4, 0.5) is 5.69 Å². The lowest BCUT2D eigenvalue weighted by molar-refractivity contribution is 0.111. The van der Waals surface area contributed by atoms with Crippen molar-refractivity contribution in [1.82, 2.24) is 0 Å². The van der Waals surface area contributed by atoms with Gasteiger partial charge in [0, 0.05) is 27.9 Å². The average molecular weight is 357 g/mol. The second-order valence-corrected chi connectivity index (χ2v) is 6.09. The molecule has 3 aromatic rings. The summed E-state index contributed by atoms with van der Waals surface area (Å²) in [4.78, 5) is 44.6. The molecule has 5 nitrogen and oxygen atoms in total. The van der Waals surface area contributed by atoms with Crippen molar-refractivity contribution in [1.29, 1.82) is 0 Å². The standard InChI is InChI=1S/C22H15NO4/c23-22-8-20(18-3-14(10-24)1-15(4-18)11-25)7-21(9-22)19-5-16(12-26)2-17(6-19)13-27/h1-13H,23H2. The van der Waals surface area contributed by atoms with Crippen molar-refractivity contribution in [2.75, 3.05) is 5.73 Å². The number of carbonyl (C=O) groups excluding carboxylic acids is 4. The van der Waals surface area contributed by atoms with Crippen LogP contribution in [0.1, 0.15) is 41.4 Å². The molecular weight excluding hydrogens is 342 g/mol. The van der Waals surface area contributed by atoms with Crippen molar-refractivity contribution in [2.24, 2.45) is 0 Å². The zero-order valence-corrected chi connectivity index (χ0v) is 14.2. The molecule has 2 N–H and O–H groups in total. The van der Waals surface area contributed by atoms with E-state index in [2.05, 4.69) is 0 Å². The van der Waals surface area contributed by atoms with Gasteiger partial charge in [0.2, 0.25) is 0 Å². The number of nitrogen functional groups attached to an aromatic ring is 1. The smallest absolute Gasteiger partial charge is 0.150 e. The van der Waals surface area contributed by atoms with Gasteiger partial charge in [0.05, 0.1) is 0 Å². The monoisotopic (exact) mass is 357 g/mol. The molecule has 0 unspecified atom stereocenters. The van der Waals surface area contributed by atoms with Gasteiger partial charge in [-0.1, -0.05) is 0 Å². The number of hydrogen-bond acceptors (Lipinski definition) is 5. The number of aldehydes is 4. The number of nitrogens with two attached hydrogens (primary N) is 1. The van der Waals surface area contributed by atoms with Gasteiger partial charge in [0.15, 0.2) is 0 Å². The maximum atomic E-state index is 11.1. The third-order valence-electron chi connectivity index (χ3n) is 4.12. The first-order valence-electron chi connectivity index (χ1n) is 8.08. The zero-order chi connectivity index (χ0) is 19.4. The van der Waals surface area contributed by atoms with Crippen LogP contribution in [0.3, 0.4) is 0 Å². The lowest BCUT2D eigenvalue weighted by Crippen LogP contribution is -1.93. The molecule has 3 rings (SSSR count). The number of benzene rings is 3. The van der Waals surface area contributed by atoms with E-state index in [0.717, 1.165) is 0 Å². The largest absolute Gasteiger partial charge is 0.399 e. The quantitative estimate of drug-likeness (QED) is 0.534. The van der Waals surface area contributed by atoms with Gasteiger partial charge in [-0.15, -0.1) is 0 Å². The molecule has 0 aliphatic heterocycles. The Balaban J connectivity index is 2.19. The molecule has 0 amide bonds. The maximum Gasteiger partial charge on any atom is 0.150 e. The second kappa shape index (κ2) is 7.58. The van der Waals surface area contributed by atoms with Gasteiger partial charge >= 0.3 is 0 Å². The van der Waals surface area contributed by atoms with Crippen LogP contribution >= 0.6 is 0 Å². The van der Waals surface area contributed by atoms with Crippen molar-refractivity contribution in [3.8, 4) is 22.3 Å². The Labute approximate surface area is 155 Å². The molecular formula is C22H15NO4. The molecule has 3 aromatic carbocycles. The molecule has 27 heavy (non-hydrogen) atoms. The Hall–Kier alpha value is -3.86. The molecule has 0 bridgehead atoms. The highest BCUT2D eigenvalue weighted by Gasteiger charge is 2.09. The maximum absolute atomic E-state index is 11.1. The Bertz CT molecular complexity index is 936. The van der Waals surface area contributed by atoms with E-state index in [0.29, 0.717) is 75.3 Å². The minimum Gasteiger partial charge on any atom is -0.399 e. The van der Waals surface area contributed by atoms with Crippen LogP contribution in [0, 0.1) is 0 Å². The van der Waals surface area contributed by atoms with Crippen LogP contribution in [-0.4, -0.2) is 25.1 Å². The average Bonchev–Trinajstić information content (AvgIpc) is 2.72. The number of anilines is 1. The summed E-state index contributed by atoms with van der Waals surface area (Å²) in [7, 11) is 0. The minimum absolute atomic E-state index is 0.379. The van der Waals surface area contributed by atoms with Crippen LogP contribution in [0.15, 0.2) is 54.6 Å². The SMILES string of the molecule is Nc1cc(-c2cc(C=O)cc(C=O)c2)cc(-c2cc(C=O)cc(C=O)c2)c1. The second-order valence-electron chi connectivity index (χ2n) is 6.09. The van der Waals surface area contributed by atoms with Crippen molar-refractivity contribution in [3.63, 3.8) is 0 Å². The molecule has 0 aliphatic rings. The highest BCUT2D eigenvalue weighted by Crippen LogP contribution is 2.31. The van der Waals surface area contributed by atoms with Gasteiger partial charge in [0.1, 0.15) is 25.1 Å². The molecule has 0 fully saturated rings. The topological polar surface area (TPSA) is 94.3 Å². The van der Waals surface area contributed by atoms with Gasteiger partial charge in [-0.2, -0.15) is 0 Å². The minimum atomic E-state index is 0.379. The fourth-order valence-corrected chi connectivity index (χ4v) is 2.94. The fourth-order valence-electron chi connectivity index (χ4n) is 2.94. The van der Waals surface area contributed by atoms with E-state index < -0.39 is 0 Å². The molecule has 5 heteroatoms. The van der Waals surface area contributed by atoms with E-state index in [1.165, 1.54) is 12.1 Å².